The first kappa shape index (κ1) is 20.2. The molecule has 1 amide bonds. The molecule has 0 saturated heterocycles. The Bertz CT molecular complexity index is 935. The standard InChI is InChI=1S/C21H21ClN4OS/c1-15-8-10-17(11-9-15)23-20(27)14-28-21-24-18(22)12-19(25-21)26(2)13-16-6-4-3-5-7-16/h3-12H,13-14H2,1-2H3,(H,23,27). The van der Waals surface area contributed by atoms with E-state index < -0.39 is 0 Å². The Morgan fingerprint density at radius 3 is 2.54 bits per heavy atom. The van der Waals surface area contributed by atoms with E-state index >= 15 is 0 Å². The molecule has 0 radical (unpaired) electrons. The van der Waals surface area contributed by atoms with Crippen molar-refractivity contribution in [2.75, 3.05) is 23.0 Å². The summed E-state index contributed by atoms with van der Waals surface area (Å²) in [6.45, 7) is 2.70. The van der Waals surface area contributed by atoms with Gasteiger partial charge in [-0.15, -0.1) is 0 Å². The fraction of sp³-hybridized carbons (Fsp3) is 0.190. The molecule has 1 N–H and O–H groups in total. The average molecular weight is 413 g/mol. The highest BCUT2D eigenvalue weighted by atomic mass is 35.5. The molecule has 3 rings (SSSR count). The SMILES string of the molecule is Cc1ccc(NC(=O)CSc2nc(Cl)cc(N(C)Cc3ccccc3)n2)cc1. The van der Waals surface area contributed by atoms with Gasteiger partial charge in [0.15, 0.2) is 5.16 Å². The summed E-state index contributed by atoms with van der Waals surface area (Å²) < 4.78 is 0. The molecule has 5 nitrogen and oxygen atoms in total. The highest BCUT2D eigenvalue weighted by Gasteiger charge is 2.11. The molecule has 0 unspecified atom stereocenters. The van der Waals surface area contributed by atoms with Gasteiger partial charge in [-0.25, -0.2) is 9.97 Å². The Balaban J connectivity index is 1.61. The van der Waals surface area contributed by atoms with Crippen molar-refractivity contribution in [3.63, 3.8) is 0 Å². The van der Waals surface area contributed by atoms with Gasteiger partial charge < -0.3 is 10.2 Å². The minimum atomic E-state index is -0.114. The molecule has 0 aliphatic carbocycles. The van der Waals surface area contributed by atoms with Crippen LogP contribution in [0.25, 0.3) is 0 Å². The molecule has 144 valence electrons. The van der Waals surface area contributed by atoms with Crippen LogP contribution >= 0.6 is 23.4 Å². The van der Waals surface area contributed by atoms with Crippen LogP contribution < -0.4 is 10.2 Å². The lowest BCUT2D eigenvalue weighted by Gasteiger charge is -2.19. The summed E-state index contributed by atoms with van der Waals surface area (Å²) in [5, 5.41) is 3.69. The Labute approximate surface area is 174 Å². The van der Waals surface area contributed by atoms with Gasteiger partial charge >= 0.3 is 0 Å². The van der Waals surface area contributed by atoms with E-state index in [1.54, 1.807) is 6.07 Å². The van der Waals surface area contributed by atoms with Crippen molar-refractivity contribution in [2.24, 2.45) is 0 Å². The fourth-order valence-electron chi connectivity index (χ4n) is 2.55. The van der Waals surface area contributed by atoms with Crippen LogP contribution in [0, 0.1) is 6.92 Å². The second-order valence-electron chi connectivity index (χ2n) is 6.38. The van der Waals surface area contributed by atoms with Crippen LogP contribution in [0.3, 0.4) is 0 Å². The lowest BCUT2D eigenvalue weighted by molar-refractivity contribution is -0.113. The van der Waals surface area contributed by atoms with Gasteiger partial charge in [0.2, 0.25) is 5.91 Å². The summed E-state index contributed by atoms with van der Waals surface area (Å²) in [6, 6.07) is 19.5. The molecule has 28 heavy (non-hydrogen) atoms. The van der Waals surface area contributed by atoms with Crippen LogP contribution in [0.2, 0.25) is 5.15 Å². The maximum atomic E-state index is 12.2. The average Bonchev–Trinajstić information content (AvgIpc) is 2.68. The Morgan fingerprint density at radius 1 is 1.11 bits per heavy atom. The predicted octanol–water partition coefficient (Wildman–Crippen LogP) is 4.81. The monoisotopic (exact) mass is 412 g/mol. The van der Waals surface area contributed by atoms with E-state index in [9.17, 15) is 4.79 Å². The molecule has 0 fully saturated rings. The van der Waals surface area contributed by atoms with Crippen LogP contribution in [0.5, 0.6) is 0 Å². The number of carbonyl (C=O) groups is 1. The molecule has 0 aliphatic heterocycles. The molecule has 0 bridgehead atoms. The Kier molecular flexibility index (Phi) is 6.90. The number of halogens is 1. The number of thioether (sulfide) groups is 1. The van der Waals surface area contributed by atoms with Gasteiger partial charge in [-0.1, -0.05) is 71.4 Å². The molecule has 0 spiro atoms. The van der Waals surface area contributed by atoms with Gasteiger partial charge in [0.1, 0.15) is 11.0 Å². The Morgan fingerprint density at radius 2 is 1.82 bits per heavy atom. The van der Waals surface area contributed by atoms with E-state index in [-0.39, 0.29) is 11.7 Å². The lowest BCUT2D eigenvalue weighted by Crippen LogP contribution is -2.18. The second-order valence-corrected chi connectivity index (χ2v) is 7.71. The zero-order valence-corrected chi connectivity index (χ0v) is 17.3. The summed E-state index contributed by atoms with van der Waals surface area (Å²) in [5.41, 5.74) is 3.09. The molecule has 0 saturated carbocycles. The van der Waals surface area contributed by atoms with Crippen LogP contribution in [-0.4, -0.2) is 28.7 Å². The van der Waals surface area contributed by atoms with Crippen molar-refractivity contribution in [3.8, 4) is 0 Å². The highest BCUT2D eigenvalue weighted by Crippen LogP contribution is 2.22. The third-order valence-corrected chi connectivity index (χ3v) is 5.02. The van der Waals surface area contributed by atoms with Crippen molar-refractivity contribution in [1.29, 1.82) is 0 Å². The van der Waals surface area contributed by atoms with Gasteiger partial charge in [-0.2, -0.15) is 0 Å². The van der Waals surface area contributed by atoms with Crippen LogP contribution in [0.1, 0.15) is 11.1 Å². The van der Waals surface area contributed by atoms with E-state index in [4.69, 9.17) is 11.6 Å². The zero-order chi connectivity index (χ0) is 19.9. The number of carbonyl (C=O) groups excluding carboxylic acids is 1. The first-order valence-corrected chi connectivity index (χ1v) is 10.1. The van der Waals surface area contributed by atoms with Crippen molar-refractivity contribution in [2.45, 2.75) is 18.6 Å². The number of anilines is 2. The summed E-state index contributed by atoms with van der Waals surface area (Å²) >= 11 is 7.42. The van der Waals surface area contributed by atoms with Crippen LogP contribution in [-0.2, 0) is 11.3 Å². The van der Waals surface area contributed by atoms with E-state index in [2.05, 4.69) is 27.4 Å². The lowest BCUT2D eigenvalue weighted by atomic mass is 10.2. The maximum Gasteiger partial charge on any atom is 0.234 e. The quantitative estimate of drug-likeness (QED) is 0.343. The van der Waals surface area contributed by atoms with Gasteiger partial charge in [0.25, 0.3) is 0 Å². The third kappa shape index (κ3) is 5.97. The van der Waals surface area contributed by atoms with Gasteiger partial charge in [0, 0.05) is 25.3 Å². The molecular formula is C21H21ClN4OS. The molecule has 0 aliphatic rings. The number of hydrogen-bond donors (Lipinski definition) is 1. The summed E-state index contributed by atoms with van der Waals surface area (Å²) in [5.74, 6) is 0.803. The van der Waals surface area contributed by atoms with Gasteiger partial charge in [0.05, 0.1) is 5.75 Å². The van der Waals surface area contributed by atoms with Crippen molar-refractivity contribution < 1.29 is 4.79 Å². The minimum absolute atomic E-state index is 0.114. The third-order valence-electron chi connectivity index (χ3n) is 3.98. The normalized spacial score (nSPS) is 10.5. The molecule has 1 heterocycles. The minimum Gasteiger partial charge on any atom is -0.355 e. The number of amides is 1. The molecule has 2 aromatic carbocycles. The van der Waals surface area contributed by atoms with Crippen molar-refractivity contribution in [3.05, 3.63) is 76.9 Å². The number of hydrogen-bond acceptors (Lipinski definition) is 5. The molecular weight excluding hydrogens is 392 g/mol. The number of nitrogens with zero attached hydrogens (tertiary/aromatic N) is 3. The van der Waals surface area contributed by atoms with Gasteiger partial charge in [-0.3, -0.25) is 4.79 Å². The van der Waals surface area contributed by atoms with Gasteiger partial charge in [-0.05, 0) is 24.6 Å². The largest absolute Gasteiger partial charge is 0.355 e. The summed E-state index contributed by atoms with van der Waals surface area (Å²) in [6.07, 6.45) is 0. The van der Waals surface area contributed by atoms with E-state index in [1.165, 1.54) is 17.3 Å². The van der Waals surface area contributed by atoms with E-state index in [0.717, 1.165) is 11.3 Å². The molecule has 7 heteroatoms. The van der Waals surface area contributed by atoms with E-state index in [1.807, 2.05) is 61.3 Å². The molecule has 1 aromatic heterocycles. The number of benzene rings is 2. The molecule has 3 aromatic rings. The number of rotatable bonds is 7. The fourth-order valence-corrected chi connectivity index (χ4v) is 3.43. The number of aryl methyl sites for hydroxylation is 1. The number of nitrogens with one attached hydrogen (secondary N) is 1. The summed E-state index contributed by atoms with van der Waals surface area (Å²) in [4.78, 5) is 22.9. The zero-order valence-electron chi connectivity index (χ0n) is 15.7. The smallest absolute Gasteiger partial charge is 0.234 e. The number of aromatic nitrogens is 2. The predicted molar refractivity (Wildman–Crippen MR) is 116 cm³/mol. The topological polar surface area (TPSA) is 58.1 Å². The van der Waals surface area contributed by atoms with E-state index in [0.29, 0.717) is 22.7 Å². The maximum absolute atomic E-state index is 12.2. The first-order valence-electron chi connectivity index (χ1n) is 8.78. The van der Waals surface area contributed by atoms with Crippen LogP contribution in [0.15, 0.2) is 65.8 Å². The van der Waals surface area contributed by atoms with Crippen LogP contribution in [0.4, 0.5) is 11.5 Å². The summed E-state index contributed by atoms with van der Waals surface area (Å²) in [7, 11) is 1.95. The second kappa shape index (κ2) is 9.57. The van der Waals surface area contributed by atoms with Crippen molar-refractivity contribution in [1.82, 2.24) is 9.97 Å². The Hall–Kier alpha value is -2.57. The molecule has 0 atom stereocenters. The van der Waals surface area contributed by atoms with Crippen molar-refractivity contribution >= 4 is 40.8 Å². The highest BCUT2D eigenvalue weighted by molar-refractivity contribution is 7.99. The first-order chi connectivity index (χ1) is 13.5.